The normalized spacial score (nSPS) is 11.1. The van der Waals surface area contributed by atoms with E-state index in [9.17, 15) is 5.11 Å². The zero-order valence-corrected chi connectivity index (χ0v) is 15.6. The second-order valence-electron chi connectivity index (χ2n) is 5.56. The van der Waals surface area contributed by atoms with Gasteiger partial charge in [-0.3, -0.25) is 0 Å². The number of nitrogens with one attached hydrogen (secondary N) is 2. The Morgan fingerprint density at radius 2 is 1.73 bits per heavy atom. The van der Waals surface area contributed by atoms with Crippen molar-refractivity contribution >= 4 is 5.96 Å². The smallest absolute Gasteiger partial charge is 0.191 e. The van der Waals surface area contributed by atoms with Crippen molar-refractivity contribution in [2.75, 3.05) is 20.3 Å². The van der Waals surface area contributed by atoms with E-state index >= 15 is 0 Å². The Morgan fingerprint density at radius 1 is 1.00 bits per heavy atom. The van der Waals surface area contributed by atoms with Gasteiger partial charge in [0.1, 0.15) is 5.75 Å². The molecule has 2 aromatic rings. The molecule has 0 saturated carbocycles. The summed E-state index contributed by atoms with van der Waals surface area (Å²) in [6, 6.07) is 13.3. The van der Waals surface area contributed by atoms with E-state index in [2.05, 4.69) is 15.6 Å². The lowest BCUT2D eigenvalue weighted by Crippen LogP contribution is -2.36. The van der Waals surface area contributed by atoms with Crippen molar-refractivity contribution in [3.05, 3.63) is 53.6 Å². The van der Waals surface area contributed by atoms with Crippen molar-refractivity contribution in [1.82, 2.24) is 10.6 Å². The molecule has 0 aromatic heterocycles. The summed E-state index contributed by atoms with van der Waals surface area (Å²) in [5, 5.41) is 16.6. The fourth-order valence-electron chi connectivity index (χ4n) is 2.49. The standard InChI is InChI=1S/C20H27N3O3/c1-4-21-20(22-13-15-9-6-7-11-17(15)26-5-2)23-14-16-10-8-12-18(25-3)19(16)24/h6-12,24H,4-5,13-14H2,1-3H3,(H2,21,22,23). The van der Waals surface area contributed by atoms with Gasteiger partial charge in [-0.05, 0) is 26.0 Å². The molecule has 2 aromatic carbocycles. The van der Waals surface area contributed by atoms with Crippen LogP contribution in [-0.4, -0.2) is 31.3 Å². The number of aliphatic imine (C=N–C) groups is 1. The van der Waals surface area contributed by atoms with Gasteiger partial charge in [0.25, 0.3) is 0 Å². The number of ether oxygens (including phenoxy) is 2. The van der Waals surface area contributed by atoms with Crippen LogP contribution in [0.25, 0.3) is 0 Å². The van der Waals surface area contributed by atoms with Crippen LogP contribution in [0.3, 0.4) is 0 Å². The number of rotatable bonds is 8. The van der Waals surface area contributed by atoms with Crippen molar-refractivity contribution in [1.29, 1.82) is 0 Å². The number of hydrogen-bond acceptors (Lipinski definition) is 4. The molecule has 0 amide bonds. The molecule has 0 heterocycles. The number of nitrogens with zero attached hydrogens (tertiary/aromatic N) is 1. The SMILES string of the molecule is CCNC(=NCc1ccccc1OCC)NCc1cccc(OC)c1O. The molecular weight excluding hydrogens is 330 g/mol. The highest BCUT2D eigenvalue weighted by Gasteiger charge is 2.08. The zero-order valence-electron chi connectivity index (χ0n) is 15.6. The molecule has 0 unspecified atom stereocenters. The van der Waals surface area contributed by atoms with Gasteiger partial charge in [-0.1, -0.05) is 30.3 Å². The van der Waals surface area contributed by atoms with Gasteiger partial charge in [0, 0.05) is 24.2 Å². The van der Waals surface area contributed by atoms with Crippen molar-refractivity contribution in [3.8, 4) is 17.2 Å². The molecule has 2 rings (SSSR count). The molecule has 0 spiro atoms. The number of phenolic OH excluding ortho intramolecular Hbond substituents is 1. The molecular formula is C20H27N3O3. The third kappa shape index (κ3) is 5.31. The van der Waals surface area contributed by atoms with E-state index in [-0.39, 0.29) is 5.75 Å². The quantitative estimate of drug-likeness (QED) is 0.500. The van der Waals surface area contributed by atoms with Crippen LogP contribution < -0.4 is 20.1 Å². The molecule has 0 aliphatic rings. The van der Waals surface area contributed by atoms with Crippen molar-refractivity contribution in [3.63, 3.8) is 0 Å². The van der Waals surface area contributed by atoms with Gasteiger partial charge in [-0.2, -0.15) is 0 Å². The number of hydrogen-bond donors (Lipinski definition) is 3. The van der Waals surface area contributed by atoms with Gasteiger partial charge < -0.3 is 25.2 Å². The van der Waals surface area contributed by atoms with E-state index in [1.807, 2.05) is 50.2 Å². The third-order valence-electron chi connectivity index (χ3n) is 3.77. The lowest BCUT2D eigenvalue weighted by atomic mass is 10.2. The predicted molar refractivity (Wildman–Crippen MR) is 104 cm³/mol. The van der Waals surface area contributed by atoms with E-state index in [4.69, 9.17) is 9.47 Å². The Kier molecular flexibility index (Phi) is 7.61. The van der Waals surface area contributed by atoms with Gasteiger partial charge in [0.15, 0.2) is 17.5 Å². The lowest BCUT2D eigenvalue weighted by Gasteiger charge is -2.14. The van der Waals surface area contributed by atoms with Crippen LogP contribution in [0.5, 0.6) is 17.2 Å². The fourth-order valence-corrected chi connectivity index (χ4v) is 2.49. The van der Waals surface area contributed by atoms with Crippen molar-refractivity contribution in [2.45, 2.75) is 26.9 Å². The van der Waals surface area contributed by atoms with Crippen molar-refractivity contribution < 1.29 is 14.6 Å². The first-order chi connectivity index (χ1) is 12.7. The molecule has 0 bridgehead atoms. The number of phenols is 1. The fraction of sp³-hybridized carbons (Fsp3) is 0.350. The first-order valence-electron chi connectivity index (χ1n) is 8.77. The van der Waals surface area contributed by atoms with Gasteiger partial charge >= 0.3 is 0 Å². The molecule has 26 heavy (non-hydrogen) atoms. The second-order valence-corrected chi connectivity index (χ2v) is 5.56. The lowest BCUT2D eigenvalue weighted by molar-refractivity contribution is 0.336. The van der Waals surface area contributed by atoms with Crippen molar-refractivity contribution in [2.24, 2.45) is 4.99 Å². The summed E-state index contributed by atoms with van der Waals surface area (Å²) in [6.45, 7) is 6.26. The average molecular weight is 357 g/mol. The van der Waals surface area contributed by atoms with Gasteiger partial charge in [0.2, 0.25) is 0 Å². The first-order valence-corrected chi connectivity index (χ1v) is 8.77. The first kappa shape index (κ1) is 19.4. The highest BCUT2D eigenvalue weighted by atomic mass is 16.5. The second kappa shape index (κ2) is 10.2. The molecule has 0 aliphatic heterocycles. The van der Waals surface area contributed by atoms with Gasteiger partial charge in [-0.25, -0.2) is 4.99 Å². The Balaban J connectivity index is 2.08. The van der Waals surface area contributed by atoms with Crippen LogP contribution in [0, 0.1) is 0 Å². The molecule has 0 radical (unpaired) electrons. The van der Waals surface area contributed by atoms with E-state index in [1.54, 1.807) is 6.07 Å². The highest BCUT2D eigenvalue weighted by Crippen LogP contribution is 2.29. The van der Waals surface area contributed by atoms with Crippen LogP contribution in [0.4, 0.5) is 0 Å². The van der Waals surface area contributed by atoms with Crippen LogP contribution in [-0.2, 0) is 13.1 Å². The predicted octanol–water partition coefficient (Wildman–Crippen LogP) is 3.05. The minimum atomic E-state index is 0.139. The van der Waals surface area contributed by atoms with Crippen LogP contribution in [0.2, 0.25) is 0 Å². The summed E-state index contributed by atoms with van der Waals surface area (Å²) in [5.41, 5.74) is 1.76. The summed E-state index contributed by atoms with van der Waals surface area (Å²) in [7, 11) is 1.54. The maximum Gasteiger partial charge on any atom is 0.191 e. The molecule has 140 valence electrons. The number of methoxy groups -OCH3 is 1. The molecule has 0 aliphatic carbocycles. The van der Waals surface area contributed by atoms with E-state index < -0.39 is 0 Å². The molecule has 0 fully saturated rings. The summed E-state index contributed by atoms with van der Waals surface area (Å²) in [5.74, 6) is 2.11. The number of aromatic hydroxyl groups is 1. The largest absolute Gasteiger partial charge is 0.504 e. The van der Waals surface area contributed by atoms with Gasteiger partial charge in [0.05, 0.1) is 20.3 Å². The molecule has 3 N–H and O–H groups in total. The molecule has 6 heteroatoms. The Bertz CT molecular complexity index is 732. The Hall–Kier alpha value is -2.89. The van der Waals surface area contributed by atoms with E-state index in [0.29, 0.717) is 31.4 Å². The third-order valence-corrected chi connectivity index (χ3v) is 3.77. The van der Waals surface area contributed by atoms with E-state index in [0.717, 1.165) is 23.4 Å². The maximum atomic E-state index is 10.2. The summed E-state index contributed by atoms with van der Waals surface area (Å²) in [6.07, 6.45) is 0. The molecule has 0 saturated heterocycles. The number of para-hydroxylation sites is 2. The van der Waals surface area contributed by atoms with E-state index in [1.165, 1.54) is 7.11 Å². The minimum Gasteiger partial charge on any atom is -0.504 e. The highest BCUT2D eigenvalue weighted by molar-refractivity contribution is 5.79. The summed E-state index contributed by atoms with van der Waals surface area (Å²) >= 11 is 0. The van der Waals surface area contributed by atoms with Crippen LogP contribution in [0.15, 0.2) is 47.5 Å². The summed E-state index contributed by atoms with van der Waals surface area (Å²) < 4.78 is 10.8. The monoisotopic (exact) mass is 357 g/mol. The molecule has 6 nitrogen and oxygen atoms in total. The number of guanidine groups is 1. The summed E-state index contributed by atoms with van der Waals surface area (Å²) in [4.78, 5) is 4.62. The topological polar surface area (TPSA) is 75.1 Å². The molecule has 0 atom stereocenters. The average Bonchev–Trinajstić information content (AvgIpc) is 2.66. The number of benzene rings is 2. The van der Waals surface area contributed by atoms with Gasteiger partial charge in [-0.15, -0.1) is 0 Å². The Morgan fingerprint density at radius 3 is 2.46 bits per heavy atom. The Labute approximate surface area is 154 Å². The van der Waals surface area contributed by atoms with Crippen LogP contribution in [0.1, 0.15) is 25.0 Å². The minimum absolute atomic E-state index is 0.139. The van der Waals surface area contributed by atoms with Crippen LogP contribution >= 0.6 is 0 Å². The maximum absolute atomic E-state index is 10.2. The zero-order chi connectivity index (χ0) is 18.8.